The lowest BCUT2D eigenvalue weighted by atomic mass is 10.2. The third-order valence-electron chi connectivity index (χ3n) is 3.04. The van der Waals surface area contributed by atoms with Crippen molar-refractivity contribution >= 4 is 32.2 Å². The molecule has 0 atom stereocenters. The van der Waals surface area contributed by atoms with E-state index in [0.29, 0.717) is 18.0 Å². The van der Waals surface area contributed by atoms with E-state index in [4.69, 9.17) is 5.73 Å². The van der Waals surface area contributed by atoms with Crippen LogP contribution in [-0.4, -0.2) is 23.5 Å². The van der Waals surface area contributed by atoms with E-state index in [-0.39, 0.29) is 16.5 Å². The molecule has 0 bridgehead atoms. The van der Waals surface area contributed by atoms with Crippen molar-refractivity contribution in [1.29, 1.82) is 0 Å². The first-order valence-electron chi connectivity index (χ1n) is 6.57. The molecule has 0 aliphatic heterocycles. The Balaban J connectivity index is 2.25. The Bertz CT molecular complexity index is 726. The zero-order chi connectivity index (χ0) is 15.5. The number of anilines is 2. The number of rotatable bonds is 6. The Morgan fingerprint density at radius 2 is 2.19 bits per heavy atom. The molecule has 0 radical (unpaired) electrons. The number of nitrogens with two attached hydrogens (primary N) is 1. The quantitative estimate of drug-likeness (QED) is 0.844. The summed E-state index contributed by atoms with van der Waals surface area (Å²) < 4.78 is 28.5. The second kappa shape index (κ2) is 6.40. The molecule has 3 N–H and O–H groups in total. The fourth-order valence-corrected chi connectivity index (χ4v) is 4.55. The Hall–Kier alpha value is -1.67. The molecule has 2 aromatic heterocycles. The molecule has 0 spiro atoms. The van der Waals surface area contributed by atoms with Gasteiger partial charge in [0.1, 0.15) is 9.90 Å². The maximum Gasteiger partial charge on any atom is 0.185 e. The second-order valence-corrected chi connectivity index (χ2v) is 7.52. The van der Waals surface area contributed by atoms with Crippen molar-refractivity contribution < 1.29 is 8.42 Å². The highest BCUT2D eigenvalue weighted by Gasteiger charge is 2.24. The van der Waals surface area contributed by atoms with Crippen molar-refractivity contribution in [3.05, 3.63) is 29.6 Å². The van der Waals surface area contributed by atoms with E-state index in [1.807, 2.05) is 19.9 Å². The zero-order valence-corrected chi connectivity index (χ0v) is 13.6. The normalized spacial score (nSPS) is 11.5. The molecular formula is C13H18N4O2S2. The molecule has 2 aromatic rings. The summed E-state index contributed by atoms with van der Waals surface area (Å²) in [6.45, 7) is 4.28. The Labute approximate surface area is 128 Å². The number of nitrogens with zero attached hydrogens (tertiary/aromatic N) is 2. The van der Waals surface area contributed by atoms with E-state index in [2.05, 4.69) is 14.7 Å². The number of hydrogen-bond acceptors (Lipinski definition) is 7. The molecule has 0 saturated carbocycles. The van der Waals surface area contributed by atoms with Crippen LogP contribution in [0.1, 0.15) is 24.5 Å². The third kappa shape index (κ3) is 3.51. The lowest BCUT2D eigenvalue weighted by Crippen LogP contribution is -2.11. The largest absolute Gasteiger partial charge is 0.382 e. The summed E-state index contributed by atoms with van der Waals surface area (Å²) in [4.78, 5) is 4.19. The Kier molecular flexibility index (Phi) is 4.79. The van der Waals surface area contributed by atoms with E-state index in [0.717, 1.165) is 22.7 Å². The highest BCUT2D eigenvalue weighted by molar-refractivity contribution is 7.91. The predicted octanol–water partition coefficient (Wildman–Crippen LogP) is 2.22. The van der Waals surface area contributed by atoms with E-state index in [9.17, 15) is 8.42 Å². The van der Waals surface area contributed by atoms with Gasteiger partial charge in [-0.05, 0) is 42.1 Å². The average molecular weight is 326 g/mol. The van der Waals surface area contributed by atoms with E-state index >= 15 is 0 Å². The molecule has 0 amide bonds. The van der Waals surface area contributed by atoms with Crippen LogP contribution in [0.25, 0.3) is 0 Å². The summed E-state index contributed by atoms with van der Waals surface area (Å²) in [5, 5.41) is 3.60. The van der Waals surface area contributed by atoms with Crippen LogP contribution in [0.15, 0.2) is 23.4 Å². The minimum atomic E-state index is -3.40. The molecule has 2 heterocycles. The van der Waals surface area contributed by atoms with E-state index in [1.54, 1.807) is 12.4 Å². The molecule has 8 heteroatoms. The van der Waals surface area contributed by atoms with Crippen LogP contribution in [0.5, 0.6) is 0 Å². The molecule has 0 aliphatic carbocycles. The van der Waals surface area contributed by atoms with Crippen molar-refractivity contribution in [1.82, 2.24) is 9.36 Å². The topological polar surface area (TPSA) is 98.0 Å². The van der Waals surface area contributed by atoms with Gasteiger partial charge < -0.3 is 11.1 Å². The van der Waals surface area contributed by atoms with Crippen molar-refractivity contribution in [3.63, 3.8) is 0 Å². The summed E-state index contributed by atoms with van der Waals surface area (Å²) in [5.41, 5.74) is 7.82. The molecule has 2 rings (SSSR count). The van der Waals surface area contributed by atoms with Crippen LogP contribution in [-0.2, 0) is 16.4 Å². The molecule has 6 nitrogen and oxygen atoms in total. The van der Waals surface area contributed by atoms with Gasteiger partial charge in [-0.25, -0.2) is 8.42 Å². The van der Waals surface area contributed by atoms with Crippen molar-refractivity contribution in [2.45, 2.75) is 31.7 Å². The van der Waals surface area contributed by atoms with E-state index < -0.39 is 9.84 Å². The Morgan fingerprint density at radius 3 is 2.86 bits per heavy atom. The molecule has 0 aliphatic rings. The monoisotopic (exact) mass is 326 g/mol. The number of aromatic nitrogens is 2. The van der Waals surface area contributed by atoms with Gasteiger partial charge in [0.05, 0.1) is 5.75 Å². The maximum absolute atomic E-state index is 12.2. The van der Waals surface area contributed by atoms with Gasteiger partial charge in [-0.2, -0.15) is 4.37 Å². The molecule has 0 unspecified atom stereocenters. The molecule has 0 saturated heterocycles. The van der Waals surface area contributed by atoms with Gasteiger partial charge in [-0.15, -0.1) is 0 Å². The maximum atomic E-state index is 12.2. The highest BCUT2D eigenvalue weighted by atomic mass is 32.2. The first-order chi connectivity index (χ1) is 9.95. The minimum absolute atomic E-state index is 0.0657. The number of sulfone groups is 1. The second-order valence-electron chi connectivity index (χ2n) is 4.70. The predicted molar refractivity (Wildman–Crippen MR) is 85.2 cm³/mol. The van der Waals surface area contributed by atoms with Gasteiger partial charge in [0.25, 0.3) is 0 Å². The van der Waals surface area contributed by atoms with Gasteiger partial charge in [0.2, 0.25) is 0 Å². The van der Waals surface area contributed by atoms with Gasteiger partial charge in [0, 0.05) is 18.9 Å². The minimum Gasteiger partial charge on any atom is -0.382 e. The van der Waals surface area contributed by atoms with Gasteiger partial charge in [-0.1, -0.05) is 6.92 Å². The summed E-state index contributed by atoms with van der Waals surface area (Å²) in [6, 6.07) is 1.91. The number of hydrogen-bond donors (Lipinski definition) is 2. The van der Waals surface area contributed by atoms with Gasteiger partial charge in [0.15, 0.2) is 15.7 Å². The van der Waals surface area contributed by atoms with E-state index in [1.165, 1.54) is 0 Å². The zero-order valence-electron chi connectivity index (χ0n) is 12.0. The van der Waals surface area contributed by atoms with Crippen molar-refractivity contribution in [2.75, 3.05) is 16.8 Å². The molecule has 0 aromatic carbocycles. The van der Waals surface area contributed by atoms with Crippen LogP contribution in [0.3, 0.4) is 0 Å². The lowest BCUT2D eigenvalue weighted by Gasteiger charge is -2.09. The fourth-order valence-electron chi connectivity index (χ4n) is 1.94. The summed E-state index contributed by atoms with van der Waals surface area (Å²) in [7, 11) is -3.40. The van der Waals surface area contributed by atoms with Crippen LogP contribution < -0.4 is 11.1 Å². The summed E-state index contributed by atoms with van der Waals surface area (Å²) >= 11 is 1.07. The smallest absolute Gasteiger partial charge is 0.185 e. The Morgan fingerprint density at radius 1 is 1.43 bits per heavy atom. The van der Waals surface area contributed by atoms with Gasteiger partial charge >= 0.3 is 0 Å². The molecular weight excluding hydrogens is 308 g/mol. The number of nitrogen functional groups attached to an aromatic ring is 1. The van der Waals surface area contributed by atoms with Gasteiger partial charge in [-0.3, -0.25) is 4.98 Å². The lowest BCUT2D eigenvalue weighted by molar-refractivity contribution is 0.595. The number of pyridine rings is 1. The number of nitrogens with one attached hydrogen (secondary N) is 1. The highest BCUT2D eigenvalue weighted by Crippen LogP contribution is 2.33. The standard InChI is InChI=1S/C13H18N4O2S2/c1-3-6-21(18,19)11-12(14)17-20-13(11)16-8-10-7-15-5-4-9(10)2/h4-5,7,16H,3,6,8H2,1-2H3,(H2,14,17). The summed E-state index contributed by atoms with van der Waals surface area (Å²) in [6.07, 6.45) is 4.02. The molecule has 0 fully saturated rings. The SMILES string of the molecule is CCCS(=O)(=O)c1c(N)nsc1NCc1cnccc1C. The first-order valence-corrected chi connectivity index (χ1v) is 8.99. The fraction of sp³-hybridized carbons (Fsp3) is 0.385. The summed E-state index contributed by atoms with van der Waals surface area (Å²) in [5.74, 6) is 0.134. The third-order valence-corrected chi connectivity index (χ3v) is 5.97. The van der Waals surface area contributed by atoms with Crippen LogP contribution in [0.4, 0.5) is 10.8 Å². The van der Waals surface area contributed by atoms with Crippen molar-refractivity contribution in [2.24, 2.45) is 0 Å². The number of aryl methyl sites for hydroxylation is 1. The van der Waals surface area contributed by atoms with Crippen LogP contribution >= 0.6 is 11.5 Å². The average Bonchev–Trinajstić information content (AvgIpc) is 2.80. The van der Waals surface area contributed by atoms with Crippen molar-refractivity contribution in [3.8, 4) is 0 Å². The van der Waals surface area contributed by atoms with Crippen LogP contribution in [0, 0.1) is 6.92 Å². The van der Waals surface area contributed by atoms with Crippen LogP contribution in [0.2, 0.25) is 0 Å². The first kappa shape index (κ1) is 15.7. The molecule has 21 heavy (non-hydrogen) atoms. The molecule has 114 valence electrons.